The molecule has 2 rings (SSSR count). The van der Waals surface area contributed by atoms with Crippen LogP contribution in [0.25, 0.3) is 0 Å². The van der Waals surface area contributed by atoms with Crippen molar-refractivity contribution in [3.63, 3.8) is 0 Å². The Bertz CT molecular complexity index is 761. The van der Waals surface area contributed by atoms with Gasteiger partial charge in [0.25, 0.3) is 0 Å². The largest absolute Gasteiger partial charge is 0.457 e. The molecule has 0 bridgehead atoms. The van der Waals surface area contributed by atoms with E-state index in [0.29, 0.717) is 28.0 Å². The monoisotopic (exact) mass is 460 g/mol. The van der Waals surface area contributed by atoms with E-state index in [4.69, 9.17) is 38.6 Å². The highest BCUT2D eigenvalue weighted by atomic mass is 79.9. The number of thioether (sulfide) groups is 2. The van der Waals surface area contributed by atoms with Crippen molar-refractivity contribution < 1.29 is 4.74 Å². The lowest BCUT2D eigenvalue weighted by Crippen LogP contribution is -2.05. The van der Waals surface area contributed by atoms with Gasteiger partial charge in [0, 0.05) is 27.7 Å². The lowest BCUT2D eigenvalue weighted by molar-refractivity contribution is 0.474. The minimum absolute atomic E-state index is 0. The first-order chi connectivity index (χ1) is 11.5. The van der Waals surface area contributed by atoms with Crippen LogP contribution in [0.4, 0.5) is 0 Å². The number of benzene rings is 2. The quantitative estimate of drug-likeness (QED) is 0.359. The van der Waals surface area contributed by atoms with Crippen LogP contribution in [0.1, 0.15) is 11.1 Å². The van der Waals surface area contributed by atoms with E-state index in [2.05, 4.69) is 0 Å². The van der Waals surface area contributed by atoms with Crippen molar-refractivity contribution >= 4 is 62.4 Å². The van der Waals surface area contributed by atoms with E-state index in [-0.39, 0.29) is 27.3 Å². The van der Waals surface area contributed by atoms with Gasteiger partial charge in [0.15, 0.2) is 10.3 Å². The number of amidine groups is 2. The van der Waals surface area contributed by atoms with Crippen molar-refractivity contribution in [3.05, 3.63) is 58.6 Å². The molecule has 0 aliphatic carbocycles. The predicted molar refractivity (Wildman–Crippen MR) is 115 cm³/mol. The smallest absolute Gasteiger partial charge is 0.151 e. The van der Waals surface area contributed by atoms with Crippen LogP contribution in [-0.2, 0) is 11.5 Å². The van der Waals surface area contributed by atoms with Gasteiger partial charge in [-0.1, -0.05) is 53.3 Å². The molecule has 0 saturated carbocycles. The average molecular weight is 462 g/mol. The van der Waals surface area contributed by atoms with Crippen LogP contribution in [0, 0.1) is 10.8 Å². The van der Waals surface area contributed by atoms with Crippen LogP contribution in [0.2, 0.25) is 5.02 Å². The zero-order chi connectivity index (χ0) is 17.5. The highest BCUT2D eigenvalue weighted by Gasteiger charge is 2.10. The molecule has 0 aliphatic heterocycles. The third-order valence-electron chi connectivity index (χ3n) is 2.98. The molecule has 0 saturated heterocycles. The third kappa shape index (κ3) is 7.19. The maximum atomic E-state index is 7.35. The number of hydrogen-bond acceptors (Lipinski definition) is 5. The summed E-state index contributed by atoms with van der Waals surface area (Å²) in [6.45, 7) is 0. The van der Waals surface area contributed by atoms with Gasteiger partial charge in [0.1, 0.15) is 11.5 Å². The molecular weight excluding hydrogens is 444 g/mol. The summed E-state index contributed by atoms with van der Waals surface area (Å²) in [5, 5.41) is 15.4. The Morgan fingerprint density at radius 1 is 0.920 bits per heavy atom. The SMILES string of the molecule is Br.N=C(N)SCc1ccccc1Oc1ccc(Cl)cc1CSC(=N)N. The summed E-state index contributed by atoms with van der Waals surface area (Å²) >= 11 is 8.51. The number of nitrogens with two attached hydrogens (primary N) is 2. The number of ether oxygens (including phenoxy) is 1. The highest BCUT2D eigenvalue weighted by Crippen LogP contribution is 2.33. The van der Waals surface area contributed by atoms with E-state index in [1.165, 1.54) is 23.5 Å². The normalized spacial score (nSPS) is 9.96. The summed E-state index contributed by atoms with van der Waals surface area (Å²) in [7, 11) is 0. The molecule has 6 N–H and O–H groups in total. The first-order valence-corrected chi connectivity index (χ1v) is 9.28. The van der Waals surface area contributed by atoms with Gasteiger partial charge in [-0.25, -0.2) is 0 Å². The van der Waals surface area contributed by atoms with E-state index < -0.39 is 0 Å². The highest BCUT2D eigenvalue weighted by molar-refractivity contribution is 8.93. The summed E-state index contributed by atoms with van der Waals surface area (Å²) in [6, 6.07) is 13.0. The van der Waals surface area contributed by atoms with Crippen molar-refractivity contribution in [1.82, 2.24) is 0 Å². The zero-order valence-corrected chi connectivity index (χ0v) is 17.2. The second kappa shape index (κ2) is 10.6. The van der Waals surface area contributed by atoms with Gasteiger partial charge in [-0.3, -0.25) is 10.8 Å². The molecule has 0 heterocycles. The van der Waals surface area contributed by atoms with Crippen LogP contribution >= 0.6 is 52.1 Å². The lowest BCUT2D eigenvalue weighted by atomic mass is 10.2. The third-order valence-corrected chi connectivity index (χ3v) is 4.75. The van der Waals surface area contributed by atoms with Gasteiger partial charge >= 0.3 is 0 Å². The summed E-state index contributed by atoms with van der Waals surface area (Å²) in [5.41, 5.74) is 12.6. The summed E-state index contributed by atoms with van der Waals surface area (Å²) in [4.78, 5) is 0. The van der Waals surface area contributed by atoms with E-state index >= 15 is 0 Å². The average Bonchev–Trinajstić information content (AvgIpc) is 2.54. The molecule has 0 radical (unpaired) electrons. The molecular formula is C16H18BrClN4OS2. The van der Waals surface area contributed by atoms with Gasteiger partial charge in [-0.15, -0.1) is 17.0 Å². The number of halogens is 2. The number of hydrogen-bond donors (Lipinski definition) is 4. The fourth-order valence-electron chi connectivity index (χ4n) is 1.91. The van der Waals surface area contributed by atoms with Crippen LogP contribution in [0.3, 0.4) is 0 Å². The number of para-hydroxylation sites is 1. The molecule has 0 spiro atoms. The Morgan fingerprint density at radius 2 is 1.48 bits per heavy atom. The predicted octanol–water partition coefficient (Wildman–Crippen LogP) is 4.96. The van der Waals surface area contributed by atoms with Crippen LogP contribution in [0.5, 0.6) is 11.5 Å². The Kier molecular flexibility index (Phi) is 9.20. The van der Waals surface area contributed by atoms with E-state index in [1.54, 1.807) is 18.2 Å². The number of nitrogens with one attached hydrogen (secondary N) is 2. The van der Waals surface area contributed by atoms with Crippen molar-refractivity contribution in [2.45, 2.75) is 11.5 Å². The van der Waals surface area contributed by atoms with Crippen LogP contribution < -0.4 is 16.2 Å². The minimum atomic E-state index is 0. The van der Waals surface area contributed by atoms with Crippen LogP contribution in [0.15, 0.2) is 42.5 Å². The molecule has 0 fully saturated rings. The van der Waals surface area contributed by atoms with Gasteiger partial charge in [-0.05, 0) is 24.3 Å². The van der Waals surface area contributed by atoms with Crippen LogP contribution in [-0.4, -0.2) is 10.3 Å². The summed E-state index contributed by atoms with van der Waals surface area (Å²) in [6.07, 6.45) is 0. The Labute approximate surface area is 170 Å². The van der Waals surface area contributed by atoms with Gasteiger partial charge < -0.3 is 16.2 Å². The topological polar surface area (TPSA) is 109 Å². The molecule has 134 valence electrons. The van der Waals surface area contributed by atoms with E-state index in [1.807, 2.05) is 24.3 Å². The van der Waals surface area contributed by atoms with Crippen molar-refractivity contribution in [1.29, 1.82) is 10.8 Å². The molecule has 0 aromatic heterocycles. The molecule has 25 heavy (non-hydrogen) atoms. The van der Waals surface area contributed by atoms with Crippen molar-refractivity contribution in [3.8, 4) is 11.5 Å². The van der Waals surface area contributed by atoms with Crippen molar-refractivity contribution in [2.75, 3.05) is 0 Å². The molecule has 0 unspecified atom stereocenters. The molecule has 0 amide bonds. The van der Waals surface area contributed by atoms with E-state index in [9.17, 15) is 0 Å². The fourth-order valence-corrected chi connectivity index (χ4v) is 3.19. The molecule has 0 aliphatic rings. The summed E-state index contributed by atoms with van der Waals surface area (Å²) < 4.78 is 6.05. The molecule has 5 nitrogen and oxygen atoms in total. The second-order valence-corrected chi connectivity index (χ2v) is 7.24. The van der Waals surface area contributed by atoms with Gasteiger partial charge in [-0.2, -0.15) is 0 Å². The maximum Gasteiger partial charge on any atom is 0.151 e. The molecule has 9 heteroatoms. The number of rotatable bonds is 6. The zero-order valence-electron chi connectivity index (χ0n) is 13.1. The maximum absolute atomic E-state index is 7.35. The van der Waals surface area contributed by atoms with Gasteiger partial charge in [0.2, 0.25) is 0 Å². The van der Waals surface area contributed by atoms with E-state index in [0.717, 1.165) is 11.1 Å². The standard InChI is InChI=1S/C16H17ClN4OS2.BrH/c17-12-5-6-14(11(7-12)9-24-16(20)21)22-13-4-2-1-3-10(13)8-23-15(18)19;/h1-7H,8-9H2,(H3,18,19)(H3,20,21);1H. The minimum Gasteiger partial charge on any atom is -0.457 e. The molecule has 0 atom stereocenters. The molecule has 2 aromatic rings. The summed E-state index contributed by atoms with van der Waals surface area (Å²) in [5.74, 6) is 2.41. The molecule has 2 aromatic carbocycles. The Hall–Kier alpha value is -1.35. The Morgan fingerprint density at radius 3 is 2.12 bits per heavy atom. The second-order valence-electron chi connectivity index (χ2n) is 4.77. The first kappa shape index (κ1) is 21.7. The van der Waals surface area contributed by atoms with Gasteiger partial charge in [0.05, 0.1) is 0 Å². The van der Waals surface area contributed by atoms with Crippen molar-refractivity contribution in [2.24, 2.45) is 11.5 Å². The first-order valence-electron chi connectivity index (χ1n) is 6.93. The lowest BCUT2D eigenvalue weighted by Gasteiger charge is -2.14. The fraction of sp³-hybridized carbons (Fsp3) is 0.125. The Balaban J connectivity index is 0.00000312.